The molecule has 1 heterocycles. The van der Waals surface area contributed by atoms with Crippen LogP contribution in [0.4, 0.5) is 17.1 Å². The Morgan fingerprint density at radius 1 is 0.340 bits per heavy atom. The van der Waals surface area contributed by atoms with Gasteiger partial charge in [0, 0.05) is 33.5 Å². The zero-order chi connectivity index (χ0) is 34.1. The predicted octanol–water partition coefficient (Wildman–Crippen LogP) is 13.3. The Morgan fingerprint density at radius 2 is 0.760 bits per heavy atom. The van der Waals surface area contributed by atoms with E-state index in [4.69, 9.17) is 1.37 Å². The van der Waals surface area contributed by atoms with Gasteiger partial charge in [-0.15, -0.1) is 0 Å². The number of para-hydroxylation sites is 2. The minimum atomic E-state index is 0.512. The summed E-state index contributed by atoms with van der Waals surface area (Å²) in [5.74, 6) is 0. The molecule has 8 aromatic carbocycles. The Hall–Kier alpha value is -6.64. The molecule has 0 fully saturated rings. The molecular weight excluding hydrogens is 605 g/mol. The van der Waals surface area contributed by atoms with E-state index in [2.05, 4.69) is 191 Å². The largest absolute Gasteiger partial charge is 0.311 e. The Balaban J connectivity index is 1.11. The molecule has 0 aliphatic heterocycles. The van der Waals surface area contributed by atoms with Crippen molar-refractivity contribution in [3.05, 3.63) is 206 Å². The van der Waals surface area contributed by atoms with Crippen LogP contribution in [-0.4, -0.2) is 4.57 Å². The summed E-state index contributed by atoms with van der Waals surface area (Å²) in [5, 5.41) is 2.23. The van der Waals surface area contributed by atoms with Crippen LogP contribution in [0.5, 0.6) is 0 Å². The number of anilines is 3. The molecule has 0 saturated heterocycles. The highest BCUT2D eigenvalue weighted by Crippen LogP contribution is 2.39. The first-order chi connectivity index (χ1) is 25.2. The van der Waals surface area contributed by atoms with Crippen LogP contribution in [0.1, 0.15) is 1.37 Å². The van der Waals surface area contributed by atoms with Crippen LogP contribution >= 0.6 is 0 Å². The van der Waals surface area contributed by atoms with Crippen molar-refractivity contribution < 1.29 is 1.37 Å². The normalized spacial score (nSPS) is 11.5. The second-order valence-electron chi connectivity index (χ2n) is 12.6. The van der Waals surface area contributed by atoms with Crippen molar-refractivity contribution in [3.8, 4) is 39.1 Å². The van der Waals surface area contributed by atoms with Gasteiger partial charge in [0.1, 0.15) is 0 Å². The molecule has 0 unspecified atom stereocenters. The quantitative estimate of drug-likeness (QED) is 0.168. The van der Waals surface area contributed by atoms with Gasteiger partial charge < -0.3 is 9.47 Å². The highest BCUT2D eigenvalue weighted by molar-refractivity contribution is 6.10. The smallest absolute Gasteiger partial charge is 0.0623 e. The fourth-order valence-corrected chi connectivity index (χ4v) is 7.06. The van der Waals surface area contributed by atoms with Gasteiger partial charge in [-0.1, -0.05) is 140 Å². The van der Waals surface area contributed by atoms with Gasteiger partial charge in [-0.05, 0) is 100 Å². The summed E-state index contributed by atoms with van der Waals surface area (Å²) in [4.78, 5) is 2.32. The van der Waals surface area contributed by atoms with Crippen molar-refractivity contribution in [3.63, 3.8) is 0 Å². The Labute approximate surface area is 294 Å². The number of hydrogen-bond acceptors (Lipinski definition) is 1. The third-order valence-electron chi connectivity index (χ3n) is 9.55. The van der Waals surface area contributed by atoms with Crippen LogP contribution in [-0.2, 0) is 0 Å². The molecule has 0 aliphatic carbocycles. The molecule has 0 spiro atoms. The molecule has 2 nitrogen and oxygen atoms in total. The van der Waals surface area contributed by atoms with Crippen molar-refractivity contribution in [1.82, 2.24) is 4.57 Å². The van der Waals surface area contributed by atoms with Crippen molar-refractivity contribution in [2.24, 2.45) is 0 Å². The molecule has 2 heteroatoms. The topological polar surface area (TPSA) is 8.17 Å². The zero-order valence-corrected chi connectivity index (χ0v) is 27.4. The average molecular weight is 640 g/mol. The Bertz CT molecular complexity index is 2510. The summed E-state index contributed by atoms with van der Waals surface area (Å²) in [6.45, 7) is 0. The SMILES string of the molecule is [2H]c1ccc2c(c1)c1cc(-c3ccc(N(c4ccc(-c5ccccc5)cc4)c4ccc(-c5ccccc5)cc4)cc3)ccc1n2-c1ccccc1. The summed E-state index contributed by atoms with van der Waals surface area (Å²) < 4.78 is 10.7. The van der Waals surface area contributed by atoms with Crippen LogP contribution in [0.25, 0.3) is 60.9 Å². The van der Waals surface area contributed by atoms with E-state index < -0.39 is 0 Å². The fraction of sp³-hybridized carbons (Fsp3) is 0. The van der Waals surface area contributed by atoms with Gasteiger partial charge in [0.25, 0.3) is 0 Å². The molecular formula is C48H34N2. The van der Waals surface area contributed by atoms with Gasteiger partial charge in [-0.2, -0.15) is 0 Å². The van der Waals surface area contributed by atoms with Crippen molar-refractivity contribution in [1.29, 1.82) is 0 Å². The number of nitrogens with zero attached hydrogens (tertiary/aromatic N) is 2. The van der Waals surface area contributed by atoms with E-state index in [1.54, 1.807) is 0 Å². The molecule has 0 atom stereocenters. The maximum Gasteiger partial charge on any atom is 0.0623 e. The summed E-state index contributed by atoms with van der Waals surface area (Å²) in [7, 11) is 0. The third-order valence-corrected chi connectivity index (χ3v) is 9.55. The van der Waals surface area contributed by atoms with E-state index in [1.807, 2.05) is 18.2 Å². The Morgan fingerprint density at radius 3 is 1.28 bits per heavy atom. The Kier molecular flexibility index (Phi) is 7.24. The average Bonchev–Trinajstić information content (AvgIpc) is 3.52. The summed E-state index contributed by atoms with van der Waals surface area (Å²) in [5.41, 5.74) is 13.7. The van der Waals surface area contributed by atoms with Crippen LogP contribution < -0.4 is 4.90 Å². The van der Waals surface area contributed by atoms with Crippen LogP contribution in [0.15, 0.2) is 206 Å². The van der Waals surface area contributed by atoms with Crippen LogP contribution in [0.3, 0.4) is 0 Å². The van der Waals surface area contributed by atoms with Gasteiger partial charge in [-0.25, -0.2) is 0 Å². The van der Waals surface area contributed by atoms with Gasteiger partial charge in [-0.3, -0.25) is 0 Å². The first kappa shape index (κ1) is 28.4. The van der Waals surface area contributed by atoms with E-state index in [0.29, 0.717) is 6.04 Å². The molecule has 0 amide bonds. The zero-order valence-electron chi connectivity index (χ0n) is 28.4. The van der Waals surface area contributed by atoms with Gasteiger partial charge in [0.2, 0.25) is 0 Å². The maximum absolute atomic E-state index is 8.39. The first-order valence-electron chi connectivity index (χ1n) is 17.5. The molecule has 236 valence electrons. The van der Waals surface area contributed by atoms with Gasteiger partial charge in [0.05, 0.1) is 12.4 Å². The van der Waals surface area contributed by atoms with Crippen molar-refractivity contribution in [2.75, 3.05) is 4.90 Å². The molecule has 0 bridgehead atoms. The summed E-state index contributed by atoms with van der Waals surface area (Å²) in [6, 6.07) is 71.1. The lowest BCUT2D eigenvalue weighted by atomic mass is 10.0. The predicted molar refractivity (Wildman–Crippen MR) is 212 cm³/mol. The highest BCUT2D eigenvalue weighted by atomic mass is 15.1. The number of benzene rings is 8. The molecule has 1 aromatic heterocycles. The lowest BCUT2D eigenvalue weighted by Gasteiger charge is -2.26. The summed E-state index contributed by atoms with van der Waals surface area (Å²) in [6.07, 6.45) is 0. The molecule has 9 aromatic rings. The van der Waals surface area contributed by atoms with E-state index in [-0.39, 0.29) is 0 Å². The molecule has 0 aliphatic rings. The van der Waals surface area contributed by atoms with E-state index in [1.165, 1.54) is 22.3 Å². The first-order valence-corrected chi connectivity index (χ1v) is 17.0. The monoisotopic (exact) mass is 639 g/mol. The molecule has 0 radical (unpaired) electrons. The second-order valence-corrected chi connectivity index (χ2v) is 12.6. The van der Waals surface area contributed by atoms with Crippen LogP contribution in [0, 0.1) is 0 Å². The molecule has 50 heavy (non-hydrogen) atoms. The number of hydrogen-bond donors (Lipinski definition) is 0. The fourth-order valence-electron chi connectivity index (χ4n) is 7.06. The maximum atomic E-state index is 8.39. The number of rotatable bonds is 7. The summed E-state index contributed by atoms with van der Waals surface area (Å²) >= 11 is 0. The number of aromatic nitrogens is 1. The van der Waals surface area contributed by atoms with Crippen molar-refractivity contribution >= 4 is 38.9 Å². The van der Waals surface area contributed by atoms with Gasteiger partial charge in [0.15, 0.2) is 0 Å². The standard InChI is InChI=1S/C48H34N2/c1-4-12-35(13-5-1)37-20-27-42(28-21-37)49(43-29-22-38(23-30-43)36-14-6-2-7-15-36)44-31-24-39(25-32-44)40-26-33-48-46(34-40)45-18-10-11-19-47(45)50(48)41-16-8-3-9-17-41/h1-34H/i10D. The lowest BCUT2D eigenvalue weighted by Crippen LogP contribution is -2.09. The lowest BCUT2D eigenvalue weighted by molar-refractivity contribution is 1.18. The van der Waals surface area contributed by atoms with Crippen LogP contribution in [0.2, 0.25) is 0 Å². The van der Waals surface area contributed by atoms with Gasteiger partial charge >= 0.3 is 0 Å². The minimum Gasteiger partial charge on any atom is -0.311 e. The second kappa shape index (κ2) is 12.8. The van der Waals surface area contributed by atoms with E-state index in [0.717, 1.165) is 55.7 Å². The number of fused-ring (bicyclic) bond motifs is 3. The molecule has 9 rings (SSSR count). The van der Waals surface area contributed by atoms with E-state index >= 15 is 0 Å². The van der Waals surface area contributed by atoms with E-state index in [9.17, 15) is 0 Å². The highest BCUT2D eigenvalue weighted by Gasteiger charge is 2.16. The molecule has 0 saturated carbocycles. The third kappa shape index (κ3) is 5.43. The minimum absolute atomic E-state index is 0.512. The van der Waals surface area contributed by atoms with Crippen molar-refractivity contribution in [2.45, 2.75) is 0 Å². The molecule has 0 N–H and O–H groups in total.